The Hall–Kier alpha value is -1.35. The molecule has 1 saturated carbocycles. The van der Waals surface area contributed by atoms with Crippen LogP contribution in [0.3, 0.4) is 0 Å². The number of hydrogen-bond acceptors (Lipinski definition) is 3. The number of rotatable bonds is 5. The van der Waals surface area contributed by atoms with Gasteiger partial charge in [-0.15, -0.1) is 0 Å². The van der Waals surface area contributed by atoms with Gasteiger partial charge in [-0.3, -0.25) is 4.79 Å². The van der Waals surface area contributed by atoms with Gasteiger partial charge >= 0.3 is 5.97 Å². The Morgan fingerprint density at radius 3 is 2.80 bits per heavy atom. The lowest BCUT2D eigenvalue weighted by molar-refractivity contribution is -0.152. The second-order valence-electron chi connectivity index (χ2n) is 5.80. The van der Waals surface area contributed by atoms with Crippen LogP contribution in [0.2, 0.25) is 0 Å². The Morgan fingerprint density at radius 2 is 2.10 bits per heavy atom. The lowest BCUT2D eigenvalue weighted by Gasteiger charge is -2.29. The van der Waals surface area contributed by atoms with E-state index in [1.807, 2.05) is 30.3 Å². The summed E-state index contributed by atoms with van der Waals surface area (Å²) in [6, 6.07) is 9.29. The summed E-state index contributed by atoms with van der Waals surface area (Å²) in [7, 11) is 0. The lowest BCUT2D eigenvalue weighted by atomic mass is 9.85. The van der Waals surface area contributed by atoms with Crippen molar-refractivity contribution in [3.8, 4) is 0 Å². The second-order valence-corrected chi connectivity index (χ2v) is 5.80. The summed E-state index contributed by atoms with van der Waals surface area (Å²) in [6.45, 7) is 2.20. The average Bonchev–Trinajstić information content (AvgIpc) is 2.48. The van der Waals surface area contributed by atoms with Gasteiger partial charge in [0.1, 0.15) is 12.1 Å². The molecule has 3 unspecified atom stereocenters. The molecule has 3 nitrogen and oxygen atoms in total. The van der Waals surface area contributed by atoms with Gasteiger partial charge in [-0.25, -0.2) is 0 Å². The van der Waals surface area contributed by atoms with E-state index in [4.69, 9.17) is 10.5 Å². The van der Waals surface area contributed by atoms with Gasteiger partial charge in [-0.2, -0.15) is 0 Å². The van der Waals surface area contributed by atoms with Crippen LogP contribution < -0.4 is 5.73 Å². The molecule has 0 aliphatic heterocycles. The molecule has 0 aromatic heterocycles. The highest BCUT2D eigenvalue weighted by atomic mass is 16.5. The molecule has 1 aromatic carbocycles. The molecule has 0 spiro atoms. The smallest absolute Gasteiger partial charge is 0.323 e. The van der Waals surface area contributed by atoms with Crippen molar-refractivity contribution in [1.29, 1.82) is 0 Å². The average molecular weight is 275 g/mol. The molecule has 2 rings (SSSR count). The van der Waals surface area contributed by atoms with Gasteiger partial charge in [0.25, 0.3) is 0 Å². The van der Waals surface area contributed by atoms with Crippen molar-refractivity contribution in [1.82, 2.24) is 0 Å². The molecule has 1 aliphatic carbocycles. The zero-order valence-corrected chi connectivity index (χ0v) is 12.3. The Kier molecular flexibility index (Phi) is 5.60. The first-order valence-corrected chi connectivity index (χ1v) is 7.69. The van der Waals surface area contributed by atoms with Crippen LogP contribution in [0.15, 0.2) is 30.3 Å². The maximum atomic E-state index is 12.1. The SMILES string of the molecule is CCC1CCCC(OC(=O)C(N)Cc2ccccc2)C1. The molecule has 20 heavy (non-hydrogen) atoms. The molecular weight excluding hydrogens is 250 g/mol. The fourth-order valence-electron chi connectivity index (χ4n) is 2.92. The van der Waals surface area contributed by atoms with Gasteiger partial charge in [-0.1, -0.05) is 50.1 Å². The monoisotopic (exact) mass is 275 g/mol. The van der Waals surface area contributed by atoms with Crippen LogP contribution in [-0.2, 0) is 16.0 Å². The van der Waals surface area contributed by atoms with Crippen molar-refractivity contribution < 1.29 is 9.53 Å². The van der Waals surface area contributed by atoms with Crippen LogP contribution in [0.5, 0.6) is 0 Å². The van der Waals surface area contributed by atoms with Crippen molar-refractivity contribution in [3.63, 3.8) is 0 Å². The van der Waals surface area contributed by atoms with Crippen molar-refractivity contribution in [3.05, 3.63) is 35.9 Å². The first kappa shape index (κ1) is 15.0. The summed E-state index contributed by atoms with van der Waals surface area (Å²) in [5, 5.41) is 0. The van der Waals surface area contributed by atoms with E-state index in [1.54, 1.807) is 0 Å². The van der Waals surface area contributed by atoms with E-state index in [2.05, 4.69) is 6.92 Å². The second kappa shape index (κ2) is 7.44. The predicted octanol–water partition coefficient (Wildman–Crippen LogP) is 3.07. The largest absolute Gasteiger partial charge is 0.461 e. The van der Waals surface area contributed by atoms with E-state index in [9.17, 15) is 4.79 Å². The van der Waals surface area contributed by atoms with Crippen LogP contribution in [-0.4, -0.2) is 18.1 Å². The minimum absolute atomic E-state index is 0.0722. The molecule has 2 N–H and O–H groups in total. The van der Waals surface area contributed by atoms with Crippen molar-refractivity contribution in [2.24, 2.45) is 11.7 Å². The molecule has 0 saturated heterocycles. The molecule has 0 heterocycles. The Bertz CT molecular complexity index is 418. The highest BCUT2D eigenvalue weighted by Crippen LogP contribution is 2.28. The van der Waals surface area contributed by atoms with E-state index >= 15 is 0 Å². The van der Waals surface area contributed by atoms with Crippen LogP contribution in [0.25, 0.3) is 0 Å². The summed E-state index contributed by atoms with van der Waals surface area (Å²) >= 11 is 0. The van der Waals surface area contributed by atoms with E-state index in [0.29, 0.717) is 12.3 Å². The minimum atomic E-state index is -0.556. The summed E-state index contributed by atoms with van der Waals surface area (Å²) in [4.78, 5) is 12.1. The third kappa shape index (κ3) is 4.34. The molecule has 0 radical (unpaired) electrons. The summed E-state index contributed by atoms with van der Waals surface area (Å²) in [5.74, 6) is 0.447. The number of carbonyl (C=O) groups is 1. The predicted molar refractivity (Wildman–Crippen MR) is 80.3 cm³/mol. The number of carbonyl (C=O) groups excluding carboxylic acids is 1. The van der Waals surface area contributed by atoms with Gasteiger partial charge in [0, 0.05) is 0 Å². The van der Waals surface area contributed by atoms with E-state index < -0.39 is 6.04 Å². The number of ether oxygens (including phenoxy) is 1. The van der Waals surface area contributed by atoms with Crippen LogP contribution >= 0.6 is 0 Å². The lowest BCUT2D eigenvalue weighted by Crippen LogP contribution is -2.38. The fourth-order valence-corrected chi connectivity index (χ4v) is 2.92. The third-order valence-corrected chi connectivity index (χ3v) is 4.20. The van der Waals surface area contributed by atoms with Gasteiger partial charge < -0.3 is 10.5 Å². The molecular formula is C17H25NO2. The molecule has 1 fully saturated rings. The number of benzene rings is 1. The zero-order valence-electron chi connectivity index (χ0n) is 12.3. The Labute approximate surface area is 121 Å². The maximum absolute atomic E-state index is 12.1. The molecule has 0 bridgehead atoms. The normalized spacial score (nSPS) is 24.1. The standard InChI is InChI=1S/C17H25NO2/c1-2-13-9-6-10-15(11-13)20-17(19)16(18)12-14-7-4-3-5-8-14/h3-5,7-8,13,15-16H,2,6,9-12,18H2,1H3. The molecule has 3 heteroatoms. The molecule has 1 aromatic rings. The van der Waals surface area contributed by atoms with Gasteiger partial charge in [0.15, 0.2) is 0 Å². The van der Waals surface area contributed by atoms with Gasteiger partial charge in [-0.05, 0) is 37.2 Å². The van der Waals surface area contributed by atoms with Crippen LogP contribution in [0.4, 0.5) is 0 Å². The van der Waals surface area contributed by atoms with Crippen molar-refractivity contribution in [2.45, 2.75) is 57.6 Å². The summed E-state index contributed by atoms with van der Waals surface area (Å²) in [6.07, 6.45) is 6.20. The van der Waals surface area contributed by atoms with Gasteiger partial charge in [0.05, 0.1) is 0 Å². The first-order chi connectivity index (χ1) is 9.69. The Morgan fingerprint density at radius 1 is 1.35 bits per heavy atom. The summed E-state index contributed by atoms with van der Waals surface area (Å²) < 4.78 is 5.59. The molecule has 110 valence electrons. The fraction of sp³-hybridized carbons (Fsp3) is 0.588. The summed E-state index contributed by atoms with van der Waals surface area (Å²) in [5.41, 5.74) is 7.03. The van der Waals surface area contributed by atoms with Crippen LogP contribution in [0.1, 0.15) is 44.6 Å². The first-order valence-electron chi connectivity index (χ1n) is 7.69. The molecule has 1 aliphatic rings. The van der Waals surface area contributed by atoms with Crippen molar-refractivity contribution >= 4 is 5.97 Å². The van der Waals surface area contributed by atoms with E-state index in [0.717, 1.165) is 24.8 Å². The highest BCUT2D eigenvalue weighted by Gasteiger charge is 2.26. The third-order valence-electron chi connectivity index (χ3n) is 4.20. The zero-order chi connectivity index (χ0) is 14.4. The minimum Gasteiger partial charge on any atom is -0.461 e. The molecule has 3 atom stereocenters. The topological polar surface area (TPSA) is 52.3 Å². The van der Waals surface area contributed by atoms with Crippen molar-refractivity contribution in [2.75, 3.05) is 0 Å². The van der Waals surface area contributed by atoms with E-state index in [-0.39, 0.29) is 12.1 Å². The number of nitrogens with two attached hydrogens (primary N) is 1. The van der Waals surface area contributed by atoms with Gasteiger partial charge in [0.2, 0.25) is 0 Å². The quantitative estimate of drug-likeness (QED) is 0.840. The van der Waals surface area contributed by atoms with E-state index in [1.165, 1.54) is 12.8 Å². The highest BCUT2D eigenvalue weighted by molar-refractivity contribution is 5.76. The Balaban J connectivity index is 1.81. The number of esters is 1. The van der Waals surface area contributed by atoms with Crippen LogP contribution in [0, 0.1) is 5.92 Å². The number of hydrogen-bond donors (Lipinski definition) is 1. The maximum Gasteiger partial charge on any atom is 0.323 e. The molecule has 0 amide bonds.